The molecule has 0 saturated carbocycles. The van der Waals surface area contributed by atoms with Crippen LogP contribution in [0.1, 0.15) is 22.8 Å². The Bertz CT molecular complexity index is 831. The van der Waals surface area contributed by atoms with Crippen LogP contribution in [-0.4, -0.2) is 23.3 Å². The Hall–Kier alpha value is -3.68. The predicted octanol–water partition coefficient (Wildman–Crippen LogP) is 2.47. The first-order valence-electron chi connectivity index (χ1n) is 7.75. The summed E-state index contributed by atoms with van der Waals surface area (Å²) in [5, 5.41) is 10.7. The monoisotopic (exact) mass is 355 g/mol. The van der Waals surface area contributed by atoms with E-state index in [1.54, 1.807) is 30.3 Å². The van der Waals surface area contributed by atoms with Gasteiger partial charge in [-0.3, -0.25) is 30.6 Å². The van der Waals surface area contributed by atoms with Crippen molar-refractivity contribution in [1.82, 2.24) is 10.9 Å². The maximum atomic E-state index is 11.9. The van der Waals surface area contributed by atoms with Crippen LogP contribution in [0.3, 0.4) is 0 Å². The Balaban J connectivity index is 1.88. The van der Waals surface area contributed by atoms with Crippen LogP contribution in [0.5, 0.6) is 5.75 Å². The molecule has 0 atom stereocenters. The number of carbonyl (C=O) groups is 2. The van der Waals surface area contributed by atoms with Crippen molar-refractivity contribution >= 4 is 23.6 Å². The number of nitrogens with zero attached hydrogens (tertiary/aromatic N) is 1. The highest BCUT2D eigenvalue weighted by molar-refractivity contribution is 5.98. The van der Waals surface area contributed by atoms with E-state index in [-0.39, 0.29) is 11.3 Å². The molecule has 0 radical (unpaired) electrons. The lowest BCUT2D eigenvalue weighted by atomic mass is 10.2. The van der Waals surface area contributed by atoms with E-state index in [0.717, 1.165) is 17.4 Å². The Morgan fingerprint density at radius 1 is 1.15 bits per heavy atom. The zero-order chi connectivity index (χ0) is 18.9. The third kappa shape index (κ3) is 5.45. The highest BCUT2D eigenvalue weighted by Crippen LogP contribution is 2.13. The Kier molecular flexibility index (Phi) is 6.44. The van der Waals surface area contributed by atoms with Crippen molar-refractivity contribution in [2.24, 2.45) is 0 Å². The van der Waals surface area contributed by atoms with Crippen molar-refractivity contribution in [2.75, 3.05) is 6.61 Å². The Morgan fingerprint density at radius 2 is 1.88 bits per heavy atom. The summed E-state index contributed by atoms with van der Waals surface area (Å²) in [5.74, 6) is -0.465. The van der Waals surface area contributed by atoms with E-state index in [2.05, 4.69) is 10.9 Å². The van der Waals surface area contributed by atoms with Gasteiger partial charge in [-0.2, -0.15) is 0 Å². The molecule has 134 valence electrons. The number of hydrazine groups is 1. The summed E-state index contributed by atoms with van der Waals surface area (Å²) in [7, 11) is 0. The summed E-state index contributed by atoms with van der Waals surface area (Å²) in [6.07, 6.45) is 2.83. The number of ether oxygens (including phenoxy) is 1. The SMILES string of the molecule is CCOc1ccc(/C=C/C(=O)NNC(=O)c2cccc([N+](=O)[O-])c2)cc1. The molecule has 0 saturated heterocycles. The van der Waals surface area contributed by atoms with Crippen LogP contribution in [0.15, 0.2) is 54.6 Å². The van der Waals surface area contributed by atoms with Crippen molar-refractivity contribution in [3.05, 3.63) is 75.8 Å². The molecule has 0 unspecified atom stereocenters. The number of carbonyl (C=O) groups excluding carboxylic acids is 2. The smallest absolute Gasteiger partial charge is 0.270 e. The lowest BCUT2D eigenvalue weighted by molar-refractivity contribution is -0.384. The second-order valence-corrected chi connectivity index (χ2v) is 5.09. The third-order valence-electron chi connectivity index (χ3n) is 3.24. The zero-order valence-corrected chi connectivity index (χ0v) is 14.0. The van der Waals surface area contributed by atoms with Gasteiger partial charge in [0.05, 0.1) is 11.5 Å². The summed E-state index contributed by atoms with van der Waals surface area (Å²) < 4.78 is 5.32. The van der Waals surface area contributed by atoms with Crippen LogP contribution in [-0.2, 0) is 4.79 Å². The molecule has 26 heavy (non-hydrogen) atoms. The minimum Gasteiger partial charge on any atom is -0.494 e. The van der Waals surface area contributed by atoms with Crippen LogP contribution in [0.2, 0.25) is 0 Å². The molecule has 8 heteroatoms. The molecule has 0 aliphatic rings. The molecular formula is C18H17N3O5. The van der Waals surface area contributed by atoms with E-state index in [4.69, 9.17) is 4.74 Å². The first-order valence-corrected chi connectivity index (χ1v) is 7.75. The van der Waals surface area contributed by atoms with Crippen LogP contribution >= 0.6 is 0 Å². The average molecular weight is 355 g/mol. The van der Waals surface area contributed by atoms with Gasteiger partial charge < -0.3 is 4.74 Å². The standard InChI is InChI=1S/C18H17N3O5/c1-2-26-16-9-6-13(7-10-16)8-11-17(22)19-20-18(23)14-4-3-5-15(12-14)21(24)25/h3-12H,2H2,1H3,(H,19,22)(H,20,23)/b11-8+. The highest BCUT2D eigenvalue weighted by Gasteiger charge is 2.11. The Labute approximate surface area is 149 Å². The van der Waals surface area contributed by atoms with Gasteiger partial charge in [0.15, 0.2) is 0 Å². The number of rotatable bonds is 6. The molecule has 2 N–H and O–H groups in total. The van der Waals surface area contributed by atoms with E-state index in [1.807, 2.05) is 6.92 Å². The molecule has 0 bridgehead atoms. The molecule has 2 aromatic carbocycles. The van der Waals surface area contributed by atoms with Crippen LogP contribution in [0.25, 0.3) is 6.08 Å². The van der Waals surface area contributed by atoms with Gasteiger partial charge in [0, 0.05) is 23.8 Å². The van der Waals surface area contributed by atoms with Crippen LogP contribution in [0, 0.1) is 10.1 Å². The second kappa shape index (κ2) is 8.97. The first-order chi connectivity index (χ1) is 12.5. The summed E-state index contributed by atoms with van der Waals surface area (Å²) in [6, 6.07) is 12.3. The minimum absolute atomic E-state index is 0.0648. The maximum Gasteiger partial charge on any atom is 0.270 e. The topological polar surface area (TPSA) is 111 Å². The van der Waals surface area contributed by atoms with Gasteiger partial charge in [-0.15, -0.1) is 0 Å². The fraction of sp³-hybridized carbons (Fsp3) is 0.111. The quantitative estimate of drug-likeness (QED) is 0.470. The van der Waals surface area contributed by atoms with Gasteiger partial charge >= 0.3 is 0 Å². The molecule has 2 amide bonds. The lowest BCUT2D eigenvalue weighted by Gasteiger charge is -2.05. The number of amides is 2. The molecule has 2 rings (SSSR count). The Morgan fingerprint density at radius 3 is 2.54 bits per heavy atom. The summed E-state index contributed by atoms with van der Waals surface area (Å²) in [4.78, 5) is 33.8. The van der Waals surface area contributed by atoms with Gasteiger partial charge in [0.1, 0.15) is 5.75 Å². The van der Waals surface area contributed by atoms with E-state index < -0.39 is 16.7 Å². The van der Waals surface area contributed by atoms with Crippen LogP contribution < -0.4 is 15.6 Å². The van der Waals surface area contributed by atoms with Gasteiger partial charge in [-0.05, 0) is 36.8 Å². The molecule has 0 heterocycles. The number of nitrogens with one attached hydrogen (secondary N) is 2. The number of benzene rings is 2. The largest absolute Gasteiger partial charge is 0.494 e. The molecule has 0 aliphatic carbocycles. The molecule has 8 nitrogen and oxygen atoms in total. The fourth-order valence-corrected chi connectivity index (χ4v) is 2.01. The van der Waals surface area contributed by atoms with Crippen LogP contribution in [0.4, 0.5) is 5.69 Å². The van der Waals surface area contributed by atoms with Crippen molar-refractivity contribution < 1.29 is 19.2 Å². The van der Waals surface area contributed by atoms with Crippen molar-refractivity contribution in [3.63, 3.8) is 0 Å². The summed E-state index contributed by atoms with van der Waals surface area (Å²) in [6.45, 7) is 2.46. The first kappa shape index (κ1) is 18.7. The zero-order valence-electron chi connectivity index (χ0n) is 14.0. The number of nitro benzene ring substituents is 1. The van der Waals surface area contributed by atoms with Gasteiger partial charge in [-0.1, -0.05) is 18.2 Å². The summed E-state index contributed by atoms with van der Waals surface area (Å²) >= 11 is 0. The molecule has 0 fully saturated rings. The third-order valence-corrected chi connectivity index (χ3v) is 3.24. The normalized spacial score (nSPS) is 10.3. The number of non-ortho nitro benzene ring substituents is 1. The van der Waals surface area contributed by atoms with E-state index in [9.17, 15) is 19.7 Å². The van der Waals surface area contributed by atoms with Gasteiger partial charge in [-0.25, -0.2) is 0 Å². The number of hydrogen-bond acceptors (Lipinski definition) is 5. The fourth-order valence-electron chi connectivity index (χ4n) is 2.01. The number of nitro groups is 1. The van der Waals surface area contributed by atoms with Gasteiger partial charge in [0.2, 0.25) is 0 Å². The highest BCUT2D eigenvalue weighted by atomic mass is 16.6. The summed E-state index contributed by atoms with van der Waals surface area (Å²) in [5.41, 5.74) is 5.05. The average Bonchev–Trinajstić information content (AvgIpc) is 2.66. The number of hydrogen-bond donors (Lipinski definition) is 2. The molecule has 0 spiro atoms. The van der Waals surface area contributed by atoms with Crippen molar-refractivity contribution in [2.45, 2.75) is 6.92 Å². The molecule has 2 aromatic rings. The van der Waals surface area contributed by atoms with Crippen molar-refractivity contribution in [1.29, 1.82) is 0 Å². The molecular weight excluding hydrogens is 338 g/mol. The maximum absolute atomic E-state index is 11.9. The van der Waals surface area contributed by atoms with E-state index in [0.29, 0.717) is 6.61 Å². The minimum atomic E-state index is -0.656. The van der Waals surface area contributed by atoms with E-state index in [1.165, 1.54) is 24.3 Å². The second-order valence-electron chi connectivity index (χ2n) is 5.09. The van der Waals surface area contributed by atoms with E-state index >= 15 is 0 Å². The van der Waals surface area contributed by atoms with Crippen molar-refractivity contribution in [3.8, 4) is 5.75 Å². The molecule has 0 aliphatic heterocycles. The molecule has 0 aromatic heterocycles. The lowest BCUT2D eigenvalue weighted by Crippen LogP contribution is -2.40. The van der Waals surface area contributed by atoms with Gasteiger partial charge in [0.25, 0.3) is 17.5 Å². The predicted molar refractivity (Wildman–Crippen MR) is 95.4 cm³/mol.